The van der Waals surface area contributed by atoms with Crippen LogP contribution in [0, 0.1) is 0 Å². The Balaban J connectivity index is 2.17. The van der Waals surface area contributed by atoms with Crippen molar-refractivity contribution in [2.75, 3.05) is 54.9 Å². The summed E-state index contributed by atoms with van der Waals surface area (Å²) >= 11 is 0. The highest BCUT2D eigenvalue weighted by molar-refractivity contribution is 5.43. The molecule has 0 aromatic carbocycles. The van der Waals surface area contributed by atoms with Gasteiger partial charge in [0.05, 0.1) is 13.2 Å². The Kier molecular flexibility index (Phi) is 5.14. The predicted octanol–water partition coefficient (Wildman–Crippen LogP) is 0.962. The van der Waals surface area contributed by atoms with Gasteiger partial charge in [-0.2, -0.15) is 15.0 Å². The zero-order valence-electron chi connectivity index (χ0n) is 11.6. The largest absolute Gasteiger partial charge is 0.378 e. The van der Waals surface area contributed by atoms with Crippen LogP contribution >= 0.6 is 0 Å². The van der Waals surface area contributed by atoms with E-state index in [2.05, 4.69) is 37.4 Å². The summed E-state index contributed by atoms with van der Waals surface area (Å²) in [5, 5.41) is 6.36. The average Bonchev–Trinajstić information content (AvgIpc) is 2.46. The Morgan fingerprint density at radius 2 is 1.74 bits per heavy atom. The van der Waals surface area contributed by atoms with E-state index < -0.39 is 0 Å². The molecule has 106 valence electrons. The Morgan fingerprint density at radius 3 is 2.37 bits per heavy atom. The van der Waals surface area contributed by atoms with E-state index in [4.69, 9.17) is 4.74 Å². The van der Waals surface area contributed by atoms with E-state index in [9.17, 15) is 0 Å². The predicted molar refractivity (Wildman–Crippen MR) is 75.8 cm³/mol. The zero-order valence-corrected chi connectivity index (χ0v) is 11.6. The maximum Gasteiger partial charge on any atom is 0.232 e. The van der Waals surface area contributed by atoms with Crippen molar-refractivity contribution >= 4 is 17.8 Å². The fraction of sp³-hybridized carbons (Fsp3) is 0.750. The lowest BCUT2D eigenvalue weighted by molar-refractivity contribution is 0.122. The van der Waals surface area contributed by atoms with Crippen LogP contribution in [-0.4, -0.2) is 54.3 Å². The molecule has 0 atom stereocenters. The number of aromatic nitrogens is 3. The summed E-state index contributed by atoms with van der Waals surface area (Å²) in [6, 6.07) is 0. The number of anilines is 3. The van der Waals surface area contributed by atoms with Gasteiger partial charge < -0.3 is 20.3 Å². The van der Waals surface area contributed by atoms with E-state index in [1.54, 1.807) is 0 Å². The lowest BCUT2D eigenvalue weighted by Gasteiger charge is -2.27. The van der Waals surface area contributed by atoms with Crippen LogP contribution in [0.25, 0.3) is 0 Å². The van der Waals surface area contributed by atoms with Gasteiger partial charge in [0.1, 0.15) is 0 Å². The summed E-state index contributed by atoms with van der Waals surface area (Å²) in [6.45, 7) is 8.88. The van der Waals surface area contributed by atoms with Crippen LogP contribution in [0.2, 0.25) is 0 Å². The quantitative estimate of drug-likeness (QED) is 0.794. The Labute approximate surface area is 113 Å². The first kappa shape index (κ1) is 13.8. The van der Waals surface area contributed by atoms with Gasteiger partial charge in [-0.15, -0.1) is 0 Å². The molecule has 0 bridgehead atoms. The van der Waals surface area contributed by atoms with Gasteiger partial charge in [0, 0.05) is 26.2 Å². The molecule has 0 radical (unpaired) electrons. The molecule has 1 aromatic rings. The Morgan fingerprint density at radius 1 is 1.05 bits per heavy atom. The van der Waals surface area contributed by atoms with Crippen LogP contribution in [0.3, 0.4) is 0 Å². The second-order valence-corrected chi connectivity index (χ2v) is 4.34. The summed E-state index contributed by atoms with van der Waals surface area (Å²) in [4.78, 5) is 15.4. The van der Waals surface area contributed by atoms with Crippen molar-refractivity contribution in [1.82, 2.24) is 15.0 Å². The van der Waals surface area contributed by atoms with E-state index >= 15 is 0 Å². The van der Waals surface area contributed by atoms with Crippen molar-refractivity contribution in [2.45, 2.75) is 20.3 Å². The second-order valence-electron chi connectivity index (χ2n) is 4.34. The summed E-state index contributed by atoms with van der Waals surface area (Å²) in [5.74, 6) is 1.97. The molecule has 2 rings (SSSR count). The van der Waals surface area contributed by atoms with Crippen molar-refractivity contribution in [3.8, 4) is 0 Å². The van der Waals surface area contributed by atoms with Gasteiger partial charge in [0.2, 0.25) is 17.8 Å². The molecule has 1 aliphatic rings. The number of ether oxygens (including phenoxy) is 1. The number of morpholine rings is 1. The van der Waals surface area contributed by atoms with Gasteiger partial charge >= 0.3 is 0 Å². The minimum atomic E-state index is 0.623. The zero-order chi connectivity index (χ0) is 13.5. The molecule has 7 heteroatoms. The number of hydrogen-bond donors (Lipinski definition) is 2. The summed E-state index contributed by atoms with van der Waals surface area (Å²) in [7, 11) is 0. The molecule has 19 heavy (non-hydrogen) atoms. The van der Waals surface area contributed by atoms with Crippen LogP contribution in [0.4, 0.5) is 17.8 Å². The average molecular weight is 266 g/mol. The number of nitrogens with one attached hydrogen (secondary N) is 2. The van der Waals surface area contributed by atoms with E-state index in [-0.39, 0.29) is 0 Å². The minimum Gasteiger partial charge on any atom is -0.378 e. The highest BCUT2D eigenvalue weighted by atomic mass is 16.5. The highest BCUT2D eigenvalue weighted by Gasteiger charge is 2.16. The van der Waals surface area contributed by atoms with Crippen molar-refractivity contribution in [1.29, 1.82) is 0 Å². The van der Waals surface area contributed by atoms with Crippen LogP contribution in [-0.2, 0) is 4.74 Å². The molecule has 0 amide bonds. The molecule has 0 aliphatic carbocycles. The molecular formula is C12H22N6O. The summed E-state index contributed by atoms with van der Waals surface area (Å²) in [5.41, 5.74) is 0. The standard InChI is InChI=1S/C12H22N6O/c1-3-5-14-11-15-10(13-4-2)16-12(17-11)18-6-8-19-9-7-18/h3-9H2,1-2H3,(H2,13,14,15,16,17). The molecule has 0 saturated carbocycles. The van der Waals surface area contributed by atoms with Crippen LogP contribution < -0.4 is 15.5 Å². The van der Waals surface area contributed by atoms with Gasteiger partial charge in [-0.05, 0) is 13.3 Å². The fourth-order valence-electron chi connectivity index (χ4n) is 1.82. The minimum absolute atomic E-state index is 0.623. The van der Waals surface area contributed by atoms with E-state index in [0.29, 0.717) is 17.8 Å². The lowest BCUT2D eigenvalue weighted by Crippen LogP contribution is -2.37. The van der Waals surface area contributed by atoms with Crippen molar-refractivity contribution in [3.05, 3.63) is 0 Å². The highest BCUT2D eigenvalue weighted by Crippen LogP contribution is 2.14. The monoisotopic (exact) mass is 266 g/mol. The van der Waals surface area contributed by atoms with Crippen LogP contribution in [0.1, 0.15) is 20.3 Å². The molecule has 1 fully saturated rings. The number of hydrogen-bond acceptors (Lipinski definition) is 7. The van der Waals surface area contributed by atoms with Gasteiger partial charge in [0.25, 0.3) is 0 Å². The number of rotatable bonds is 6. The molecule has 0 spiro atoms. The first-order valence-electron chi connectivity index (χ1n) is 6.90. The molecular weight excluding hydrogens is 244 g/mol. The van der Waals surface area contributed by atoms with E-state index in [0.717, 1.165) is 45.8 Å². The van der Waals surface area contributed by atoms with Crippen molar-refractivity contribution < 1.29 is 4.74 Å². The van der Waals surface area contributed by atoms with Crippen LogP contribution in [0.15, 0.2) is 0 Å². The molecule has 2 N–H and O–H groups in total. The molecule has 2 heterocycles. The van der Waals surface area contributed by atoms with Gasteiger partial charge in [0.15, 0.2) is 0 Å². The van der Waals surface area contributed by atoms with Gasteiger partial charge in [-0.25, -0.2) is 0 Å². The smallest absolute Gasteiger partial charge is 0.232 e. The SMILES string of the molecule is CCCNc1nc(NCC)nc(N2CCOCC2)n1. The van der Waals surface area contributed by atoms with Gasteiger partial charge in [-0.1, -0.05) is 6.92 Å². The van der Waals surface area contributed by atoms with Gasteiger partial charge in [-0.3, -0.25) is 0 Å². The fourth-order valence-corrected chi connectivity index (χ4v) is 1.82. The maximum absolute atomic E-state index is 5.35. The third kappa shape index (κ3) is 3.92. The third-order valence-corrected chi connectivity index (χ3v) is 2.79. The second kappa shape index (κ2) is 7.08. The molecule has 0 unspecified atom stereocenters. The molecule has 1 aliphatic heterocycles. The van der Waals surface area contributed by atoms with Crippen LogP contribution in [0.5, 0.6) is 0 Å². The third-order valence-electron chi connectivity index (χ3n) is 2.79. The van der Waals surface area contributed by atoms with E-state index in [1.807, 2.05) is 6.92 Å². The van der Waals surface area contributed by atoms with E-state index in [1.165, 1.54) is 0 Å². The van der Waals surface area contributed by atoms with Crippen molar-refractivity contribution in [3.63, 3.8) is 0 Å². The topological polar surface area (TPSA) is 75.2 Å². The number of nitrogens with zero attached hydrogens (tertiary/aromatic N) is 4. The Bertz CT molecular complexity index is 394. The normalized spacial score (nSPS) is 15.4. The van der Waals surface area contributed by atoms with Crippen molar-refractivity contribution in [2.24, 2.45) is 0 Å². The summed E-state index contributed by atoms with van der Waals surface area (Å²) in [6.07, 6.45) is 1.04. The molecule has 1 saturated heterocycles. The lowest BCUT2D eigenvalue weighted by atomic mass is 10.4. The first-order chi connectivity index (χ1) is 9.33. The maximum atomic E-state index is 5.35. The molecule has 1 aromatic heterocycles. The molecule has 7 nitrogen and oxygen atoms in total. The summed E-state index contributed by atoms with van der Waals surface area (Å²) < 4.78 is 5.35. The Hall–Kier alpha value is -1.63. The first-order valence-corrected chi connectivity index (χ1v) is 6.90.